The van der Waals surface area contributed by atoms with Crippen LogP contribution in [0.5, 0.6) is 11.5 Å². The standard InChI is InChI=1S/C23H35Cl2NO3/c1-6-19-20(7-2)23(18(5)16-21(19)27-15-12-22(24)25)28-13-10-8-9-11-14-29-26-17(3)4/h12,16H,6-11,13-15H2,1-5H3. The molecule has 1 aromatic rings. The molecule has 0 spiro atoms. The molecule has 0 N–H and O–H groups in total. The molecule has 0 fully saturated rings. The van der Waals surface area contributed by atoms with Gasteiger partial charge in [-0.15, -0.1) is 0 Å². The summed E-state index contributed by atoms with van der Waals surface area (Å²) in [7, 11) is 0. The van der Waals surface area contributed by atoms with Gasteiger partial charge in [-0.1, -0.05) is 42.2 Å². The molecule has 4 nitrogen and oxygen atoms in total. The minimum atomic E-state index is 0.218. The molecule has 0 aliphatic rings. The van der Waals surface area contributed by atoms with Gasteiger partial charge in [0.05, 0.1) is 12.3 Å². The van der Waals surface area contributed by atoms with Gasteiger partial charge in [0.1, 0.15) is 29.2 Å². The average molecular weight is 444 g/mol. The van der Waals surface area contributed by atoms with E-state index in [0.29, 0.717) is 13.2 Å². The van der Waals surface area contributed by atoms with E-state index in [1.165, 1.54) is 11.1 Å². The second-order valence-corrected chi connectivity index (χ2v) is 8.13. The lowest BCUT2D eigenvalue weighted by Gasteiger charge is -2.20. The summed E-state index contributed by atoms with van der Waals surface area (Å²) < 4.78 is 12.3. The van der Waals surface area contributed by atoms with Crippen LogP contribution in [0.3, 0.4) is 0 Å². The van der Waals surface area contributed by atoms with Crippen molar-refractivity contribution in [2.45, 2.75) is 73.1 Å². The Hall–Kier alpha value is -1.39. The molecule has 164 valence electrons. The van der Waals surface area contributed by atoms with Crippen molar-refractivity contribution in [2.24, 2.45) is 5.16 Å². The lowest BCUT2D eigenvalue weighted by atomic mass is 9.97. The Bertz CT molecular complexity index is 679. The van der Waals surface area contributed by atoms with Crippen molar-refractivity contribution in [1.82, 2.24) is 0 Å². The van der Waals surface area contributed by atoms with Crippen molar-refractivity contribution in [3.63, 3.8) is 0 Å². The fraction of sp³-hybridized carbons (Fsp3) is 0.609. The summed E-state index contributed by atoms with van der Waals surface area (Å²) in [6, 6.07) is 2.05. The van der Waals surface area contributed by atoms with Gasteiger partial charge < -0.3 is 14.3 Å². The summed E-state index contributed by atoms with van der Waals surface area (Å²) in [6.07, 6.45) is 7.70. The normalized spacial score (nSPS) is 10.4. The second kappa shape index (κ2) is 14.6. The maximum Gasteiger partial charge on any atom is 0.125 e. The third-order valence-electron chi connectivity index (χ3n) is 4.45. The Morgan fingerprint density at radius 1 is 0.966 bits per heavy atom. The van der Waals surface area contributed by atoms with E-state index in [2.05, 4.69) is 32.0 Å². The summed E-state index contributed by atoms with van der Waals surface area (Å²) in [6.45, 7) is 12.0. The highest BCUT2D eigenvalue weighted by Crippen LogP contribution is 2.35. The van der Waals surface area contributed by atoms with Crippen molar-refractivity contribution in [2.75, 3.05) is 19.8 Å². The zero-order valence-corrected chi connectivity index (χ0v) is 20.0. The van der Waals surface area contributed by atoms with Gasteiger partial charge in [-0.3, -0.25) is 0 Å². The number of nitrogens with zero attached hydrogens (tertiary/aromatic N) is 1. The third-order valence-corrected chi connectivity index (χ3v) is 4.76. The van der Waals surface area contributed by atoms with Crippen LogP contribution < -0.4 is 9.47 Å². The van der Waals surface area contributed by atoms with E-state index in [1.54, 1.807) is 6.08 Å². The van der Waals surface area contributed by atoms with Crippen molar-refractivity contribution < 1.29 is 14.3 Å². The van der Waals surface area contributed by atoms with Crippen LogP contribution in [0.4, 0.5) is 0 Å². The number of aryl methyl sites for hydroxylation is 1. The maximum absolute atomic E-state index is 6.20. The van der Waals surface area contributed by atoms with Crippen molar-refractivity contribution in [1.29, 1.82) is 0 Å². The summed E-state index contributed by atoms with van der Waals surface area (Å²) >= 11 is 11.4. The molecular formula is C23H35Cl2NO3. The van der Waals surface area contributed by atoms with E-state index < -0.39 is 0 Å². The topological polar surface area (TPSA) is 40.0 Å². The van der Waals surface area contributed by atoms with Crippen LogP contribution in [0.25, 0.3) is 0 Å². The Morgan fingerprint density at radius 2 is 1.62 bits per heavy atom. The van der Waals surface area contributed by atoms with Crippen LogP contribution in [0.15, 0.2) is 21.8 Å². The Balaban J connectivity index is 2.60. The van der Waals surface area contributed by atoms with Crippen LogP contribution in [0.1, 0.15) is 70.1 Å². The zero-order valence-electron chi connectivity index (χ0n) is 18.4. The number of oxime groups is 1. The number of unbranched alkanes of at least 4 members (excludes halogenated alkanes) is 3. The highest BCUT2D eigenvalue weighted by Gasteiger charge is 2.16. The van der Waals surface area contributed by atoms with Gasteiger partial charge in [0.2, 0.25) is 0 Å². The van der Waals surface area contributed by atoms with Gasteiger partial charge in [-0.05, 0) is 77.0 Å². The quantitative estimate of drug-likeness (QED) is 0.174. The highest BCUT2D eigenvalue weighted by molar-refractivity contribution is 6.55. The minimum absolute atomic E-state index is 0.218. The molecule has 0 aliphatic carbocycles. The summed E-state index contributed by atoms with van der Waals surface area (Å²) in [5, 5.41) is 3.94. The lowest BCUT2D eigenvalue weighted by Crippen LogP contribution is -2.07. The minimum Gasteiger partial charge on any atom is -0.493 e. The van der Waals surface area contributed by atoms with Crippen LogP contribution in [0.2, 0.25) is 0 Å². The molecule has 1 rings (SSSR count). The average Bonchev–Trinajstić information content (AvgIpc) is 2.66. The molecule has 0 atom stereocenters. The predicted octanol–water partition coefficient (Wildman–Crippen LogP) is 7.17. The van der Waals surface area contributed by atoms with E-state index in [0.717, 1.165) is 67.9 Å². The van der Waals surface area contributed by atoms with Gasteiger partial charge in [0.25, 0.3) is 0 Å². The number of rotatable bonds is 14. The fourth-order valence-corrected chi connectivity index (χ4v) is 3.26. The van der Waals surface area contributed by atoms with Gasteiger partial charge in [0, 0.05) is 11.1 Å². The van der Waals surface area contributed by atoms with E-state index in [-0.39, 0.29) is 4.49 Å². The van der Waals surface area contributed by atoms with Gasteiger partial charge in [-0.2, -0.15) is 0 Å². The van der Waals surface area contributed by atoms with Crippen molar-refractivity contribution in [3.05, 3.63) is 33.3 Å². The molecule has 0 bridgehead atoms. The molecule has 0 amide bonds. The van der Waals surface area contributed by atoms with Gasteiger partial charge in [0.15, 0.2) is 0 Å². The van der Waals surface area contributed by atoms with Crippen LogP contribution in [0, 0.1) is 6.92 Å². The van der Waals surface area contributed by atoms with E-state index >= 15 is 0 Å². The van der Waals surface area contributed by atoms with Gasteiger partial charge >= 0.3 is 0 Å². The number of halogens is 2. The molecule has 0 saturated carbocycles. The molecule has 0 heterocycles. The number of ether oxygens (including phenoxy) is 2. The summed E-state index contributed by atoms with van der Waals surface area (Å²) in [5.41, 5.74) is 4.46. The first-order chi connectivity index (χ1) is 13.9. The number of benzene rings is 1. The Morgan fingerprint density at radius 3 is 2.21 bits per heavy atom. The third kappa shape index (κ3) is 9.77. The van der Waals surface area contributed by atoms with Gasteiger partial charge in [-0.25, -0.2) is 0 Å². The number of hydrogen-bond donors (Lipinski definition) is 0. The first kappa shape index (κ1) is 25.6. The summed E-state index contributed by atoms with van der Waals surface area (Å²) in [5.74, 6) is 1.88. The molecule has 0 aliphatic heterocycles. The first-order valence-electron chi connectivity index (χ1n) is 10.5. The molecule has 29 heavy (non-hydrogen) atoms. The Kier molecular flexibility index (Phi) is 12.9. The molecule has 6 heteroatoms. The molecule has 1 aromatic carbocycles. The first-order valence-corrected chi connectivity index (χ1v) is 11.2. The van der Waals surface area contributed by atoms with Crippen LogP contribution in [-0.4, -0.2) is 25.5 Å². The SMILES string of the molecule is CCc1c(OCC=C(Cl)Cl)cc(C)c(OCCCCCCON=C(C)C)c1CC. The smallest absolute Gasteiger partial charge is 0.125 e. The van der Waals surface area contributed by atoms with Crippen LogP contribution >= 0.6 is 23.2 Å². The highest BCUT2D eigenvalue weighted by atomic mass is 35.5. The van der Waals surface area contributed by atoms with E-state index in [4.69, 9.17) is 37.5 Å². The molecule has 0 saturated heterocycles. The second-order valence-electron chi connectivity index (χ2n) is 7.12. The lowest BCUT2D eigenvalue weighted by molar-refractivity contribution is 0.139. The predicted molar refractivity (Wildman–Crippen MR) is 124 cm³/mol. The molecule has 0 aromatic heterocycles. The molecule has 0 unspecified atom stereocenters. The summed E-state index contributed by atoms with van der Waals surface area (Å²) in [4.78, 5) is 5.22. The van der Waals surface area contributed by atoms with E-state index in [9.17, 15) is 0 Å². The monoisotopic (exact) mass is 443 g/mol. The van der Waals surface area contributed by atoms with Crippen molar-refractivity contribution >= 4 is 28.9 Å². The van der Waals surface area contributed by atoms with Crippen molar-refractivity contribution in [3.8, 4) is 11.5 Å². The maximum atomic E-state index is 6.20. The van der Waals surface area contributed by atoms with Crippen LogP contribution in [-0.2, 0) is 17.7 Å². The number of hydrogen-bond acceptors (Lipinski definition) is 4. The molecule has 0 radical (unpaired) electrons. The van der Waals surface area contributed by atoms with E-state index in [1.807, 2.05) is 13.8 Å². The Labute approximate surface area is 186 Å². The largest absolute Gasteiger partial charge is 0.493 e. The molecular weight excluding hydrogens is 409 g/mol. The fourth-order valence-electron chi connectivity index (χ4n) is 3.13. The zero-order chi connectivity index (χ0) is 21.6.